The van der Waals surface area contributed by atoms with Crippen LogP contribution in [0.5, 0.6) is 0 Å². The number of hydrogen-bond acceptors (Lipinski definition) is 3. The number of rotatable bonds is 2. The van der Waals surface area contributed by atoms with E-state index in [0.717, 1.165) is 0 Å². The molecule has 0 aliphatic heterocycles. The Kier molecular flexibility index (Phi) is 3.10. The molecule has 14 heavy (non-hydrogen) atoms. The van der Waals surface area contributed by atoms with E-state index in [1.807, 2.05) is 0 Å². The predicted octanol–water partition coefficient (Wildman–Crippen LogP) is 1.69. The number of aliphatic hydroxyl groups is 1. The maximum absolute atomic E-state index is 12.4. The number of nitriles is 1. The maximum atomic E-state index is 12.4. The van der Waals surface area contributed by atoms with Gasteiger partial charge in [-0.15, -0.1) is 0 Å². The van der Waals surface area contributed by atoms with E-state index in [4.69, 9.17) is 10.4 Å². The summed E-state index contributed by atoms with van der Waals surface area (Å²) in [5.74, 6) is 0. The van der Waals surface area contributed by atoms with E-state index in [0.29, 0.717) is 5.69 Å². The second-order valence-electron chi connectivity index (χ2n) is 2.75. The maximum Gasteiger partial charge on any atom is 0.280 e. The highest BCUT2D eigenvalue weighted by Crippen LogP contribution is 2.24. The Morgan fingerprint density at radius 2 is 2.29 bits per heavy atom. The van der Waals surface area contributed by atoms with E-state index in [2.05, 4.69) is 4.98 Å². The van der Waals surface area contributed by atoms with Gasteiger partial charge < -0.3 is 5.11 Å². The first kappa shape index (κ1) is 10.5. The van der Waals surface area contributed by atoms with Crippen molar-refractivity contribution in [2.24, 2.45) is 0 Å². The molecule has 0 aliphatic rings. The van der Waals surface area contributed by atoms with Crippen molar-refractivity contribution in [2.45, 2.75) is 20.0 Å². The fraction of sp³-hybridized carbons (Fsp3) is 0.333. The normalized spacial score (nSPS) is 10.3. The summed E-state index contributed by atoms with van der Waals surface area (Å²) in [5.41, 5.74) is -0.207. The molecule has 3 nitrogen and oxygen atoms in total. The third-order valence-corrected chi connectivity index (χ3v) is 1.77. The summed E-state index contributed by atoms with van der Waals surface area (Å²) in [6, 6.07) is 3.12. The fourth-order valence-corrected chi connectivity index (χ4v) is 1.17. The summed E-state index contributed by atoms with van der Waals surface area (Å²) >= 11 is 0. The molecule has 0 aromatic carbocycles. The van der Waals surface area contributed by atoms with E-state index in [-0.39, 0.29) is 11.1 Å². The number of hydrogen-bond donors (Lipinski definition) is 1. The van der Waals surface area contributed by atoms with Crippen LogP contribution in [0.2, 0.25) is 0 Å². The smallest absolute Gasteiger partial charge is 0.280 e. The largest absolute Gasteiger partial charge is 0.392 e. The van der Waals surface area contributed by atoms with Crippen molar-refractivity contribution in [3.05, 3.63) is 28.6 Å². The molecular formula is C9H8F2N2O. The second kappa shape index (κ2) is 4.11. The van der Waals surface area contributed by atoms with Gasteiger partial charge in [0.2, 0.25) is 0 Å². The van der Waals surface area contributed by atoms with Gasteiger partial charge in [0, 0.05) is 11.3 Å². The van der Waals surface area contributed by atoms with Gasteiger partial charge in [0.25, 0.3) is 6.43 Å². The van der Waals surface area contributed by atoms with E-state index in [9.17, 15) is 8.78 Å². The molecule has 0 saturated carbocycles. The van der Waals surface area contributed by atoms with Crippen LogP contribution in [0.25, 0.3) is 0 Å². The van der Waals surface area contributed by atoms with Crippen molar-refractivity contribution in [3.8, 4) is 6.07 Å². The van der Waals surface area contributed by atoms with E-state index < -0.39 is 18.7 Å². The zero-order chi connectivity index (χ0) is 10.7. The molecule has 0 saturated heterocycles. The minimum absolute atomic E-state index is 0.0512. The lowest BCUT2D eigenvalue weighted by Crippen LogP contribution is -2.03. The number of aromatic nitrogens is 1. The summed E-state index contributed by atoms with van der Waals surface area (Å²) in [7, 11) is 0. The van der Waals surface area contributed by atoms with Crippen LogP contribution in [0.15, 0.2) is 6.07 Å². The SMILES string of the molecule is Cc1cc(C#N)c(CO)c(C(F)F)n1. The lowest BCUT2D eigenvalue weighted by molar-refractivity contribution is 0.141. The van der Waals surface area contributed by atoms with Crippen molar-refractivity contribution in [3.63, 3.8) is 0 Å². The quantitative estimate of drug-likeness (QED) is 0.786. The summed E-state index contributed by atoms with van der Waals surface area (Å²) in [6.07, 6.45) is -2.77. The molecule has 0 amide bonds. The minimum atomic E-state index is -2.77. The molecule has 1 heterocycles. The van der Waals surface area contributed by atoms with Crippen molar-refractivity contribution in [2.75, 3.05) is 0 Å². The number of aryl methyl sites for hydroxylation is 1. The van der Waals surface area contributed by atoms with Gasteiger partial charge in [0.05, 0.1) is 18.2 Å². The van der Waals surface area contributed by atoms with Crippen LogP contribution in [0.3, 0.4) is 0 Å². The molecule has 74 valence electrons. The van der Waals surface area contributed by atoms with Crippen molar-refractivity contribution in [1.82, 2.24) is 4.98 Å². The average Bonchev–Trinajstić information content (AvgIpc) is 2.16. The highest BCUT2D eigenvalue weighted by molar-refractivity contribution is 5.41. The fourth-order valence-electron chi connectivity index (χ4n) is 1.17. The Labute approximate surface area is 79.6 Å². The van der Waals surface area contributed by atoms with E-state index >= 15 is 0 Å². The van der Waals surface area contributed by atoms with Crippen LogP contribution in [0, 0.1) is 18.3 Å². The number of aliphatic hydroxyl groups excluding tert-OH is 1. The van der Waals surface area contributed by atoms with Gasteiger partial charge >= 0.3 is 0 Å². The first-order valence-corrected chi connectivity index (χ1v) is 3.89. The first-order chi connectivity index (χ1) is 6.60. The Hall–Kier alpha value is -1.54. The summed E-state index contributed by atoms with van der Waals surface area (Å²) < 4.78 is 24.9. The van der Waals surface area contributed by atoms with Crippen LogP contribution < -0.4 is 0 Å². The molecule has 0 atom stereocenters. The molecule has 0 radical (unpaired) electrons. The monoisotopic (exact) mass is 198 g/mol. The van der Waals surface area contributed by atoms with Gasteiger partial charge in [0.15, 0.2) is 0 Å². The molecule has 1 N–H and O–H groups in total. The third-order valence-electron chi connectivity index (χ3n) is 1.77. The van der Waals surface area contributed by atoms with Gasteiger partial charge in [-0.25, -0.2) is 8.78 Å². The van der Waals surface area contributed by atoms with Crippen molar-refractivity contribution >= 4 is 0 Å². The molecular weight excluding hydrogens is 190 g/mol. The molecule has 0 aliphatic carbocycles. The highest BCUT2D eigenvalue weighted by atomic mass is 19.3. The van der Waals surface area contributed by atoms with Crippen LogP contribution in [0.4, 0.5) is 8.78 Å². The Bertz CT molecular complexity index is 385. The number of alkyl halides is 2. The van der Waals surface area contributed by atoms with E-state index in [1.165, 1.54) is 13.0 Å². The molecule has 0 fully saturated rings. The predicted molar refractivity (Wildman–Crippen MR) is 44.6 cm³/mol. The highest BCUT2D eigenvalue weighted by Gasteiger charge is 2.18. The van der Waals surface area contributed by atoms with Gasteiger partial charge in [0.1, 0.15) is 5.69 Å². The molecule has 1 aromatic heterocycles. The minimum Gasteiger partial charge on any atom is -0.392 e. The average molecular weight is 198 g/mol. The zero-order valence-electron chi connectivity index (χ0n) is 7.46. The van der Waals surface area contributed by atoms with Gasteiger partial charge in [-0.05, 0) is 13.0 Å². The van der Waals surface area contributed by atoms with Crippen LogP contribution in [-0.4, -0.2) is 10.1 Å². The standard InChI is InChI=1S/C9H8F2N2O/c1-5-2-6(3-12)7(4-14)8(13-5)9(10)11/h2,9,14H,4H2,1H3. The lowest BCUT2D eigenvalue weighted by atomic mass is 10.1. The van der Waals surface area contributed by atoms with Gasteiger partial charge in [-0.2, -0.15) is 5.26 Å². The number of nitrogens with zero attached hydrogens (tertiary/aromatic N) is 2. The second-order valence-corrected chi connectivity index (χ2v) is 2.75. The number of pyridine rings is 1. The van der Waals surface area contributed by atoms with Crippen molar-refractivity contribution in [1.29, 1.82) is 5.26 Å². The molecule has 0 bridgehead atoms. The summed E-state index contributed by atoms with van der Waals surface area (Å²) in [5, 5.41) is 17.5. The topological polar surface area (TPSA) is 56.9 Å². The molecule has 5 heteroatoms. The molecule has 0 spiro atoms. The third kappa shape index (κ3) is 1.86. The lowest BCUT2D eigenvalue weighted by Gasteiger charge is -2.08. The van der Waals surface area contributed by atoms with Gasteiger partial charge in [-0.3, -0.25) is 4.98 Å². The molecule has 0 unspecified atom stereocenters. The Morgan fingerprint density at radius 3 is 2.71 bits per heavy atom. The van der Waals surface area contributed by atoms with Crippen LogP contribution in [0.1, 0.15) is 28.9 Å². The number of halogens is 2. The summed E-state index contributed by atoms with van der Waals surface area (Å²) in [4.78, 5) is 3.59. The van der Waals surface area contributed by atoms with E-state index in [1.54, 1.807) is 6.07 Å². The van der Waals surface area contributed by atoms with Crippen LogP contribution >= 0.6 is 0 Å². The van der Waals surface area contributed by atoms with Crippen LogP contribution in [-0.2, 0) is 6.61 Å². The Morgan fingerprint density at radius 1 is 1.64 bits per heavy atom. The Balaban J connectivity index is 3.41. The summed E-state index contributed by atoms with van der Waals surface area (Å²) in [6.45, 7) is 0.920. The van der Waals surface area contributed by atoms with Gasteiger partial charge in [-0.1, -0.05) is 0 Å². The van der Waals surface area contributed by atoms with Crippen molar-refractivity contribution < 1.29 is 13.9 Å². The molecule has 1 rings (SSSR count). The molecule has 1 aromatic rings. The zero-order valence-corrected chi connectivity index (χ0v) is 7.46. The first-order valence-electron chi connectivity index (χ1n) is 3.89.